The number of rotatable bonds is 11. The molecule has 1 fully saturated rings. The summed E-state index contributed by atoms with van der Waals surface area (Å²) in [4.78, 5) is 48.5. The van der Waals surface area contributed by atoms with Gasteiger partial charge in [0.05, 0.1) is 23.6 Å². The predicted molar refractivity (Wildman–Crippen MR) is 222 cm³/mol. The quantitative estimate of drug-likeness (QED) is 0.102. The summed E-state index contributed by atoms with van der Waals surface area (Å²) in [5.41, 5.74) is 4.47. The van der Waals surface area contributed by atoms with Crippen LogP contribution in [0.5, 0.6) is 0 Å². The number of carbonyl (C=O) groups excluding carboxylic acids is 2. The van der Waals surface area contributed by atoms with E-state index in [-0.39, 0.29) is 23.4 Å². The number of anilines is 1. The number of thiazole rings is 1. The Morgan fingerprint density at radius 1 is 1.02 bits per heavy atom. The summed E-state index contributed by atoms with van der Waals surface area (Å²) in [5.74, 6) is 0.000710. The largest absolute Gasteiger partial charge is 0.444 e. The standard InChI is InChI=1S/C40H55N9O5SSi/c1-25-20-27(12-13-28(25)26(2)44-34(50)35-45-37(46-54-35)39(3,4)5)32-29-21-30(49(33(29)43-23-42-32)24-52-18-19-56(9,10)11)36-41-22-31(55-36)47-14-16-48(17-15-47)38(51)53-40(6,7)8/h12-13,20-23,26H,14-19,24H2,1-11H3,(H,44,50)/t26-/m1/s1. The number of carbonyl (C=O) groups is 2. The maximum Gasteiger partial charge on any atom is 0.410 e. The summed E-state index contributed by atoms with van der Waals surface area (Å²) < 4.78 is 19.3. The normalized spacial score (nSPS) is 14.7. The van der Waals surface area contributed by atoms with Gasteiger partial charge in [0.25, 0.3) is 0 Å². The molecular formula is C40H55N9O5SSi. The predicted octanol–water partition coefficient (Wildman–Crippen LogP) is 8.07. The first-order chi connectivity index (χ1) is 26.3. The van der Waals surface area contributed by atoms with Crippen molar-refractivity contribution >= 4 is 47.4 Å². The Bertz CT molecular complexity index is 2190. The Hall–Kier alpha value is -4.67. The van der Waals surface area contributed by atoms with E-state index in [1.54, 1.807) is 22.6 Å². The maximum absolute atomic E-state index is 13.0. The smallest absolute Gasteiger partial charge is 0.410 e. The van der Waals surface area contributed by atoms with Crippen molar-refractivity contribution < 1.29 is 23.6 Å². The van der Waals surface area contributed by atoms with Gasteiger partial charge in [-0.15, -0.1) is 0 Å². The van der Waals surface area contributed by atoms with E-state index in [0.29, 0.717) is 45.3 Å². The van der Waals surface area contributed by atoms with Crippen LogP contribution >= 0.6 is 11.3 Å². The third-order valence-electron chi connectivity index (χ3n) is 9.51. The molecule has 5 heterocycles. The molecule has 1 saturated heterocycles. The van der Waals surface area contributed by atoms with Crippen molar-refractivity contribution in [1.82, 2.24) is 39.9 Å². The minimum Gasteiger partial charge on any atom is -0.444 e. The molecular weight excluding hydrogens is 747 g/mol. The molecule has 6 rings (SSSR count). The molecule has 14 nitrogen and oxygen atoms in total. The lowest BCUT2D eigenvalue weighted by molar-refractivity contribution is 0.0240. The number of hydrogen-bond donors (Lipinski definition) is 1. The van der Waals surface area contributed by atoms with Crippen LogP contribution in [0.3, 0.4) is 0 Å². The Balaban J connectivity index is 1.25. The number of piperazine rings is 1. The van der Waals surface area contributed by atoms with Crippen LogP contribution in [0.25, 0.3) is 33.0 Å². The Kier molecular flexibility index (Phi) is 11.7. The fraction of sp³-hybridized carbons (Fsp3) is 0.525. The average Bonchev–Trinajstić information content (AvgIpc) is 3.88. The SMILES string of the molecule is Cc1cc(-c2ncnc3c2cc(-c2ncc(N4CCN(C(=O)OC(C)(C)C)CC4)s2)n3COCC[Si](C)(C)C)ccc1[C@@H](C)NC(=O)c1nc(C(C)(C)C)no1. The maximum atomic E-state index is 13.0. The molecule has 1 atom stereocenters. The van der Waals surface area contributed by atoms with Gasteiger partial charge in [0.15, 0.2) is 5.82 Å². The Labute approximate surface area is 334 Å². The third kappa shape index (κ3) is 9.64. The summed E-state index contributed by atoms with van der Waals surface area (Å²) in [6.45, 7) is 26.1. The van der Waals surface area contributed by atoms with Crippen LogP contribution in [0, 0.1) is 6.92 Å². The zero-order valence-corrected chi connectivity index (χ0v) is 36.3. The van der Waals surface area contributed by atoms with Crippen molar-refractivity contribution in [3.05, 3.63) is 59.6 Å². The monoisotopic (exact) mass is 801 g/mol. The molecule has 0 aliphatic carbocycles. The van der Waals surface area contributed by atoms with E-state index in [1.807, 2.05) is 73.7 Å². The van der Waals surface area contributed by atoms with Gasteiger partial charge in [-0.25, -0.2) is 19.7 Å². The van der Waals surface area contributed by atoms with Crippen molar-refractivity contribution in [2.45, 2.75) is 105 Å². The van der Waals surface area contributed by atoms with Crippen LogP contribution in [0.1, 0.15) is 82.1 Å². The lowest BCUT2D eigenvalue weighted by Crippen LogP contribution is -2.49. The number of aromatic nitrogens is 6. The van der Waals surface area contributed by atoms with E-state index in [0.717, 1.165) is 55.2 Å². The first-order valence-electron chi connectivity index (χ1n) is 19.1. The molecule has 5 aromatic rings. The minimum absolute atomic E-state index is 0.0580. The molecule has 1 aliphatic rings. The van der Waals surface area contributed by atoms with Crippen LogP contribution in [-0.2, 0) is 21.6 Å². The lowest BCUT2D eigenvalue weighted by Gasteiger charge is -2.35. The number of amides is 2. The molecule has 1 N–H and O–H groups in total. The molecule has 0 saturated carbocycles. The van der Waals surface area contributed by atoms with Gasteiger partial charge in [-0.1, -0.05) is 69.0 Å². The highest BCUT2D eigenvalue weighted by Crippen LogP contribution is 2.38. The number of nitrogens with zero attached hydrogens (tertiary/aromatic N) is 8. The summed E-state index contributed by atoms with van der Waals surface area (Å²) in [6, 6.07) is 8.98. The van der Waals surface area contributed by atoms with E-state index in [9.17, 15) is 9.59 Å². The van der Waals surface area contributed by atoms with Crippen molar-refractivity contribution in [1.29, 1.82) is 0 Å². The second-order valence-electron chi connectivity index (χ2n) is 17.7. The first-order valence-corrected chi connectivity index (χ1v) is 23.7. The molecule has 2 amide bonds. The molecule has 1 aliphatic heterocycles. The van der Waals surface area contributed by atoms with Gasteiger partial charge in [-0.2, -0.15) is 4.98 Å². The lowest BCUT2D eigenvalue weighted by atomic mass is 9.96. The summed E-state index contributed by atoms with van der Waals surface area (Å²) >= 11 is 1.61. The van der Waals surface area contributed by atoms with Gasteiger partial charge >= 0.3 is 17.9 Å². The molecule has 4 aromatic heterocycles. The minimum atomic E-state index is -1.30. The topological polar surface area (TPSA) is 154 Å². The van der Waals surface area contributed by atoms with Gasteiger partial charge in [-0.3, -0.25) is 9.36 Å². The fourth-order valence-electron chi connectivity index (χ4n) is 6.37. The van der Waals surface area contributed by atoms with Gasteiger partial charge in [-0.05, 0) is 63.9 Å². The van der Waals surface area contributed by atoms with Crippen LogP contribution in [-0.4, -0.2) is 93.0 Å². The van der Waals surface area contributed by atoms with Crippen LogP contribution < -0.4 is 10.2 Å². The number of fused-ring (bicyclic) bond motifs is 1. The molecule has 300 valence electrons. The molecule has 0 unspecified atom stereocenters. The molecule has 0 spiro atoms. The van der Waals surface area contributed by atoms with Gasteiger partial charge in [0, 0.05) is 57.2 Å². The summed E-state index contributed by atoms with van der Waals surface area (Å²) in [6.07, 6.45) is 3.23. The third-order valence-corrected chi connectivity index (χ3v) is 12.3. The first kappa shape index (κ1) is 41.0. The highest BCUT2D eigenvalue weighted by molar-refractivity contribution is 7.18. The second kappa shape index (κ2) is 16.1. The van der Waals surface area contributed by atoms with Crippen LogP contribution in [0.2, 0.25) is 25.7 Å². The summed E-state index contributed by atoms with van der Waals surface area (Å²) in [5, 5.41) is 9.76. The summed E-state index contributed by atoms with van der Waals surface area (Å²) in [7, 11) is -1.30. The number of ether oxygens (including phenoxy) is 2. The van der Waals surface area contributed by atoms with Crippen molar-refractivity contribution in [2.24, 2.45) is 0 Å². The zero-order valence-electron chi connectivity index (χ0n) is 34.5. The average molecular weight is 802 g/mol. The molecule has 56 heavy (non-hydrogen) atoms. The van der Waals surface area contributed by atoms with Gasteiger partial charge in [0.1, 0.15) is 34.3 Å². The second-order valence-corrected chi connectivity index (χ2v) is 24.3. The number of aryl methyl sites for hydroxylation is 1. The van der Waals surface area contributed by atoms with E-state index >= 15 is 0 Å². The van der Waals surface area contributed by atoms with Crippen LogP contribution in [0.4, 0.5) is 9.80 Å². The van der Waals surface area contributed by atoms with Crippen molar-refractivity contribution in [2.75, 3.05) is 37.7 Å². The van der Waals surface area contributed by atoms with Crippen molar-refractivity contribution in [3.63, 3.8) is 0 Å². The van der Waals surface area contributed by atoms with E-state index < -0.39 is 19.6 Å². The van der Waals surface area contributed by atoms with Crippen molar-refractivity contribution in [3.8, 4) is 22.0 Å². The Morgan fingerprint density at radius 2 is 1.75 bits per heavy atom. The van der Waals surface area contributed by atoms with E-state index in [4.69, 9.17) is 28.9 Å². The molecule has 0 radical (unpaired) electrons. The molecule has 1 aromatic carbocycles. The van der Waals surface area contributed by atoms with Crippen LogP contribution in [0.15, 0.2) is 41.3 Å². The zero-order chi connectivity index (χ0) is 40.6. The van der Waals surface area contributed by atoms with E-state index in [2.05, 4.69) is 56.7 Å². The Morgan fingerprint density at radius 3 is 2.39 bits per heavy atom. The molecule has 16 heteroatoms. The number of hydrogen-bond acceptors (Lipinski definition) is 12. The molecule has 0 bridgehead atoms. The number of nitrogens with one attached hydrogen (secondary N) is 1. The fourth-order valence-corrected chi connectivity index (χ4v) is 8.12. The van der Waals surface area contributed by atoms with Gasteiger partial charge in [0.2, 0.25) is 0 Å². The number of benzene rings is 1. The highest BCUT2D eigenvalue weighted by Gasteiger charge is 2.28. The van der Waals surface area contributed by atoms with Gasteiger partial charge < -0.3 is 29.1 Å². The highest BCUT2D eigenvalue weighted by atomic mass is 32.1. The van der Waals surface area contributed by atoms with E-state index in [1.165, 1.54) is 0 Å².